The normalized spacial score (nSPS) is 10.7. The van der Waals surface area contributed by atoms with Crippen molar-refractivity contribution in [3.8, 4) is 17.2 Å². The van der Waals surface area contributed by atoms with Gasteiger partial charge in [0, 0.05) is 18.5 Å². The summed E-state index contributed by atoms with van der Waals surface area (Å²) in [6, 6.07) is 11.4. The van der Waals surface area contributed by atoms with Crippen LogP contribution in [0.3, 0.4) is 0 Å². The van der Waals surface area contributed by atoms with E-state index >= 15 is 0 Å². The van der Waals surface area contributed by atoms with Crippen molar-refractivity contribution in [1.29, 1.82) is 0 Å². The van der Waals surface area contributed by atoms with E-state index in [4.69, 9.17) is 4.42 Å². The summed E-state index contributed by atoms with van der Waals surface area (Å²) < 4.78 is 6.02. The van der Waals surface area contributed by atoms with Gasteiger partial charge in [0.05, 0.1) is 15.7 Å². The summed E-state index contributed by atoms with van der Waals surface area (Å²) >= 11 is 3.25. The second-order valence-electron chi connectivity index (χ2n) is 6.16. The first-order valence-corrected chi connectivity index (χ1v) is 9.02. The molecular weight excluding hydrogens is 396 g/mol. The topological polar surface area (TPSA) is 75.4 Å². The van der Waals surface area contributed by atoms with Gasteiger partial charge in [0.1, 0.15) is 12.0 Å². The minimum Gasteiger partial charge on any atom is -0.506 e. The molecule has 3 aromatic rings. The highest BCUT2D eigenvalue weighted by molar-refractivity contribution is 9.10. The molecule has 2 N–H and O–H groups in total. The average molecular weight is 415 g/mol. The smallest absolute Gasteiger partial charge is 0.255 e. The monoisotopic (exact) mass is 414 g/mol. The standard InChI is InChI=1S/C20H19BrN2O3/c1-12-3-5-14(6-4-12)20-23-15(11-26-20)7-8-22-19(25)16-9-13(2)10-17(21)18(16)24/h3-6,9-11,24H,7-8H2,1-2H3,(H,22,25). The summed E-state index contributed by atoms with van der Waals surface area (Å²) in [5, 5.41) is 12.8. The van der Waals surface area contributed by atoms with Crippen LogP contribution < -0.4 is 5.32 Å². The van der Waals surface area contributed by atoms with Crippen LogP contribution >= 0.6 is 15.9 Å². The third-order valence-corrected chi connectivity index (χ3v) is 4.57. The Hall–Kier alpha value is -2.60. The number of hydrogen-bond donors (Lipinski definition) is 2. The molecule has 0 aliphatic carbocycles. The lowest BCUT2D eigenvalue weighted by atomic mass is 10.1. The molecule has 0 radical (unpaired) electrons. The first-order valence-electron chi connectivity index (χ1n) is 8.23. The number of halogens is 1. The van der Waals surface area contributed by atoms with Crippen LogP contribution in [0.15, 0.2) is 51.6 Å². The molecule has 5 nitrogen and oxygen atoms in total. The third-order valence-electron chi connectivity index (χ3n) is 3.97. The summed E-state index contributed by atoms with van der Waals surface area (Å²) in [6.45, 7) is 4.28. The lowest BCUT2D eigenvalue weighted by Crippen LogP contribution is -2.26. The molecule has 1 amide bonds. The molecule has 0 aliphatic rings. The lowest BCUT2D eigenvalue weighted by molar-refractivity contribution is 0.0951. The number of aromatic nitrogens is 1. The Bertz CT molecular complexity index is 933. The molecule has 0 saturated carbocycles. The highest BCUT2D eigenvalue weighted by Crippen LogP contribution is 2.29. The van der Waals surface area contributed by atoms with Crippen LogP contribution in [0.5, 0.6) is 5.75 Å². The van der Waals surface area contributed by atoms with E-state index in [-0.39, 0.29) is 17.2 Å². The van der Waals surface area contributed by atoms with Gasteiger partial charge in [0.25, 0.3) is 5.91 Å². The second-order valence-corrected chi connectivity index (χ2v) is 7.01. The molecule has 0 aliphatic heterocycles. The molecule has 0 unspecified atom stereocenters. The summed E-state index contributed by atoms with van der Waals surface area (Å²) in [6.07, 6.45) is 2.14. The zero-order valence-electron chi connectivity index (χ0n) is 14.5. The third kappa shape index (κ3) is 4.14. The second kappa shape index (κ2) is 7.74. The van der Waals surface area contributed by atoms with Crippen LogP contribution in [0.2, 0.25) is 0 Å². The van der Waals surface area contributed by atoms with Crippen LogP contribution in [0.25, 0.3) is 11.5 Å². The number of phenolic OH excluding ortho intramolecular Hbond substituents is 1. The van der Waals surface area contributed by atoms with Crippen molar-refractivity contribution < 1.29 is 14.3 Å². The molecule has 2 aromatic carbocycles. The first kappa shape index (κ1) is 18.2. The van der Waals surface area contributed by atoms with Crippen LogP contribution in [-0.2, 0) is 6.42 Å². The van der Waals surface area contributed by atoms with Gasteiger partial charge in [-0.3, -0.25) is 4.79 Å². The van der Waals surface area contributed by atoms with Crippen molar-refractivity contribution in [3.05, 3.63) is 69.5 Å². The molecule has 0 saturated heterocycles. The van der Waals surface area contributed by atoms with E-state index in [1.165, 1.54) is 5.56 Å². The maximum absolute atomic E-state index is 12.3. The Morgan fingerprint density at radius 1 is 1.19 bits per heavy atom. The first-order chi connectivity index (χ1) is 12.4. The number of hydrogen-bond acceptors (Lipinski definition) is 4. The van der Waals surface area contributed by atoms with Crippen LogP contribution in [0.4, 0.5) is 0 Å². The van der Waals surface area contributed by atoms with E-state index in [0.29, 0.717) is 23.3 Å². The fourth-order valence-corrected chi connectivity index (χ4v) is 3.13. The van der Waals surface area contributed by atoms with Gasteiger partial charge < -0.3 is 14.8 Å². The fourth-order valence-electron chi connectivity index (χ4n) is 2.56. The van der Waals surface area contributed by atoms with E-state index in [1.807, 2.05) is 38.1 Å². The van der Waals surface area contributed by atoms with E-state index in [9.17, 15) is 9.90 Å². The predicted molar refractivity (Wildman–Crippen MR) is 103 cm³/mol. The van der Waals surface area contributed by atoms with Gasteiger partial charge in [-0.15, -0.1) is 0 Å². The van der Waals surface area contributed by atoms with E-state index in [0.717, 1.165) is 16.8 Å². The van der Waals surface area contributed by atoms with Crippen LogP contribution in [0.1, 0.15) is 27.2 Å². The number of aromatic hydroxyl groups is 1. The van der Waals surface area contributed by atoms with E-state index in [1.54, 1.807) is 18.4 Å². The molecule has 6 heteroatoms. The van der Waals surface area contributed by atoms with Crippen LogP contribution in [-0.4, -0.2) is 22.5 Å². The zero-order chi connectivity index (χ0) is 18.7. The number of oxazole rings is 1. The molecule has 26 heavy (non-hydrogen) atoms. The maximum Gasteiger partial charge on any atom is 0.255 e. The molecule has 0 spiro atoms. The number of carbonyl (C=O) groups is 1. The molecule has 0 atom stereocenters. The molecule has 1 heterocycles. The molecule has 3 rings (SSSR count). The number of nitrogens with zero attached hydrogens (tertiary/aromatic N) is 1. The summed E-state index contributed by atoms with van der Waals surface area (Å²) in [5.41, 5.74) is 3.99. The summed E-state index contributed by atoms with van der Waals surface area (Å²) in [7, 11) is 0. The number of phenols is 1. The van der Waals surface area contributed by atoms with Gasteiger partial charge in [0.2, 0.25) is 5.89 Å². The minimum atomic E-state index is -0.325. The maximum atomic E-state index is 12.3. The van der Waals surface area contributed by atoms with Gasteiger partial charge in [-0.25, -0.2) is 4.98 Å². The van der Waals surface area contributed by atoms with Crippen molar-refractivity contribution in [1.82, 2.24) is 10.3 Å². The number of aryl methyl sites for hydroxylation is 2. The highest BCUT2D eigenvalue weighted by atomic mass is 79.9. The Labute approximate surface area is 160 Å². The van der Waals surface area contributed by atoms with Crippen LogP contribution in [0, 0.1) is 13.8 Å². The van der Waals surface area contributed by atoms with Crippen molar-refractivity contribution in [2.75, 3.05) is 6.54 Å². The Balaban J connectivity index is 1.60. The van der Waals surface area contributed by atoms with Crippen molar-refractivity contribution in [2.45, 2.75) is 20.3 Å². The van der Waals surface area contributed by atoms with Gasteiger partial charge in [0.15, 0.2) is 0 Å². The lowest BCUT2D eigenvalue weighted by Gasteiger charge is -2.08. The summed E-state index contributed by atoms with van der Waals surface area (Å²) in [5.74, 6) is 0.178. The number of nitrogens with one attached hydrogen (secondary N) is 1. The molecule has 0 fully saturated rings. The Morgan fingerprint density at radius 3 is 2.65 bits per heavy atom. The predicted octanol–water partition coefficient (Wildman–Crippen LogP) is 4.40. The number of amides is 1. The molecule has 0 bridgehead atoms. The van der Waals surface area contributed by atoms with Gasteiger partial charge >= 0.3 is 0 Å². The molecule has 134 valence electrons. The number of benzene rings is 2. The average Bonchev–Trinajstić information content (AvgIpc) is 3.07. The Kier molecular flexibility index (Phi) is 5.42. The molecular formula is C20H19BrN2O3. The fraction of sp³-hybridized carbons (Fsp3) is 0.200. The quantitative estimate of drug-likeness (QED) is 0.648. The SMILES string of the molecule is Cc1ccc(-c2nc(CCNC(=O)c3cc(C)cc(Br)c3O)co2)cc1. The van der Waals surface area contributed by atoms with Crippen molar-refractivity contribution in [2.24, 2.45) is 0 Å². The van der Waals surface area contributed by atoms with Gasteiger partial charge in [-0.2, -0.15) is 0 Å². The number of rotatable bonds is 5. The van der Waals surface area contributed by atoms with Crippen molar-refractivity contribution >= 4 is 21.8 Å². The summed E-state index contributed by atoms with van der Waals surface area (Å²) in [4.78, 5) is 16.7. The Morgan fingerprint density at radius 2 is 1.92 bits per heavy atom. The number of carbonyl (C=O) groups excluding carboxylic acids is 1. The minimum absolute atomic E-state index is 0.0591. The van der Waals surface area contributed by atoms with Gasteiger partial charge in [-0.05, 0) is 59.6 Å². The highest BCUT2D eigenvalue weighted by Gasteiger charge is 2.14. The van der Waals surface area contributed by atoms with E-state index in [2.05, 4.69) is 26.2 Å². The molecule has 1 aromatic heterocycles. The van der Waals surface area contributed by atoms with Gasteiger partial charge in [-0.1, -0.05) is 17.7 Å². The largest absolute Gasteiger partial charge is 0.506 e. The zero-order valence-corrected chi connectivity index (χ0v) is 16.1. The van der Waals surface area contributed by atoms with Crippen molar-refractivity contribution in [3.63, 3.8) is 0 Å². The van der Waals surface area contributed by atoms with E-state index < -0.39 is 0 Å².